The third kappa shape index (κ3) is 5.12. The van der Waals surface area contributed by atoms with E-state index >= 15 is 0 Å². The number of nitrogens with zero attached hydrogens (tertiary/aromatic N) is 2. The van der Waals surface area contributed by atoms with Crippen molar-refractivity contribution >= 4 is 6.01 Å². The molecular weight excluding hydrogens is 252 g/mol. The first-order valence-electron chi connectivity index (χ1n) is 7.93. The molecule has 20 heavy (non-hydrogen) atoms. The maximum Gasteiger partial charge on any atom is 0.315 e. The predicted molar refractivity (Wildman–Crippen MR) is 80.5 cm³/mol. The van der Waals surface area contributed by atoms with E-state index in [-0.39, 0.29) is 0 Å². The Kier molecular flexibility index (Phi) is 5.83. The zero-order valence-electron chi connectivity index (χ0n) is 13.0. The fraction of sp³-hybridized carbons (Fsp3) is 0.867. The fourth-order valence-corrected chi connectivity index (χ4v) is 2.66. The Morgan fingerprint density at radius 2 is 2.05 bits per heavy atom. The summed E-state index contributed by atoms with van der Waals surface area (Å²) in [5.41, 5.74) is 0. The minimum atomic E-state index is 0.483. The van der Waals surface area contributed by atoms with E-state index in [2.05, 4.69) is 41.6 Å². The zero-order chi connectivity index (χ0) is 14.4. The number of hydrogen-bond acceptors (Lipinski definition) is 5. The lowest BCUT2D eigenvalue weighted by Gasteiger charge is -2.13. The van der Waals surface area contributed by atoms with Gasteiger partial charge in [-0.1, -0.05) is 38.7 Å². The summed E-state index contributed by atoms with van der Waals surface area (Å²) in [5, 5.41) is 14.9. The van der Waals surface area contributed by atoms with Crippen LogP contribution in [0.3, 0.4) is 0 Å². The van der Waals surface area contributed by atoms with Crippen LogP contribution in [0.25, 0.3) is 0 Å². The third-order valence-corrected chi connectivity index (χ3v) is 3.88. The van der Waals surface area contributed by atoms with Gasteiger partial charge in [0, 0.05) is 6.04 Å². The van der Waals surface area contributed by atoms with Gasteiger partial charge in [0.05, 0.1) is 6.54 Å². The number of rotatable bonds is 6. The van der Waals surface area contributed by atoms with Crippen LogP contribution in [-0.2, 0) is 6.54 Å². The minimum absolute atomic E-state index is 0.483. The normalized spacial score (nSPS) is 23.8. The van der Waals surface area contributed by atoms with Crippen molar-refractivity contribution < 1.29 is 4.42 Å². The molecule has 2 rings (SSSR count). The van der Waals surface area contributed by atoms with Crippen molar-refractivity contribution in [2.45, 2.75) is 65.5 Å². The summed E-state index contributed by atoms with van der Waals surface area (Å²) in [6, 6.07) is 1.06. The summed E-state index contributed by atoms with van der Waals surface area (Å²) in [4.78, 5) is 0. The van der Waals surface area contributed by atoms with Crippen molar-refractivity contribution in [1.82, 2.24) is 15.5 Å². The van der Waals surface area contributed by atoms with Crippen molar-refractivity contribution in [2.75, 3.05) is 11.9 Å². The molecule has 2 unspecified atom stereocenters. The van der Waals surface area contributed by atoms with Gasteiger partial charge in [0.25, 0.3) is 0 Å². The Morgan fingerprint density at radius 3 is 2.85 bits per heavy atom. The summed E-state index contributed by atoms with van der Waals surface area (Å²) >= 11 is 0. The molecule has 1 aliphatic carbocycles. The molecule has 1 saturated carbocycles. The molecule has 0 radical (unpaired) electrons. The molecule has 0 saturated heterocycles. The Hall–Kier alpha value is -1.10. The van der Waals surface area contributed by atoms with E-state index in [0.29, 0.717) is 30.4 Å². The average molecular weight is 280 g/mol. The Balaban J connectivity index is 1.77. The van der Waals surface area contributed by atoms with Gasteiger partial charge in [-0.15, -0.1) is 5.10 Å². The van der Waals surface area contributed by atoms with Gasteiger partial charge in [0.15, 0.2) is 0 Å². The number of hydrogen-bond donors (Lipinski definition) is 2. The van der Waals surface area contributed by atoms with Crippen LogP contribution in [0.1, 0.15) is 58.8 Å². The average Bonchev–Trinajstić information content (AvgIpc) is 2.72. The lowest BCUT2D eigenvalue weighted by molar-refractivity contribution is 0.452. The predicted octanol–water partition coefficient (Wildman–Crippen LogP) is 3.20. The molecule has 1 aliphatic rings. The molecule has 0 amide bonds. The van der Waals surface area contributed by atoms with Crippen molar-refractivity contribution in [3.05, 3.63) is 5.89 Å². The van der Waals surface area contributed by atoms with Crippen LogP contribution in [0.5, 0.6) is 0 Å². The molecular formula is C15H28N4O. The standard InChI is InChI=1S/C15H28N4O/c1-11(2)9-16-10-14-18-19-15(20-14)17-13-6-4-5-12(3)7-8-13/h11-13,16H,4-10H2,1-3H3,(H,17,19). The van der Waals surface area contributed by atoms with Crippen molar-refractivity contribution in [3.8, 4) is 0 Å². The molecule has 114 valence electrons. The van der Waals surface area contributed by atoms with Gasteiger partial charge >= 0.3 is 6.01 Å². The van der Waals surface area contributed by atoms with Crippen LogP contribution in [0.4, 0.5) is 6.01 Å². The van der Waals surface area contributed by atoms with Crippen molar-refractivity contribution in [2.24, 2.45) is 11.8 Å². The van der Waals surface area contributed by atoms with Crippen molar-refractivity contribution in [1.29, 1.82) is 0 Å². The van der Waals surface area contributed by atoms with Gasteiger partial charge in [-0.05, 0) is 37.6 Å². The van der Waals surface area contributed by atoms with Crippen LogP contribution in [0.2, 0.25) is 0 Å². The Morgan fingerprint density at radius 1 is 1.20 bits per heavy atom. The van der Waals surface area contributed by atoms with Crippen LogP contribution in [0, 0.1) is 11.8 Å². The first-order chi connectivity index (χ1) is 9.63. The smallest absolute Gasteiger partial charge is 0.315 e. The first kappa shape index (κ1) is 15.3. The summed E-state index contributed by atoms with van der Waals surface area (Å²) in [6.07, 6.45) is 6.31. The highest BCUT2D eigenvalue weighted by atomic mass is 16.4. The summed E-state index contributed by atoms with van der Waals surface area (Å²) in [7, 11) is 0. The molecule has 0 aliphatic heterocycles. The lowest BCUT2D eigenvalue weighted by Crippen LogP contribution is -2.19. The first-order valence-corrected chi connectivity index (χ1v) is 7.93. The second-order valence-electron chi connectivity index (χ2n) is 6.48. The molecule has 0 spiro atoms. The maximum absolute atomic E-state index is 5.64. The zero-order valence-corrected chi connectivity index (χ0v) is 13.0. The topological polar surface area (TPSA) is 63.0 Å². The van der Waals surface area contributed by atoms with Gasteiger partial charge in [0.1, 0.15) is 0 Å². The highest BCUT2D eigenvalue weighted by Gasteiger charge is 2.18. The monoisotopic (exact) mass is 280 g/mol. The fourth-order valence-electron chi connectivity index (χ4n) is 2.66. The van der Waals surface area contributed by atoms with E-state index in [1.54, 1.807) is 0 Å². The molecule has 1 fully saturated rings. The largest absolute Gasteiger partial charge is 0.407 e. The van der Waals surface area contributed by atoms with E-state index in [9.17, 15) is 0 Å². The maximum atomic E-state index is 5.64. The molecule has 0 bridgehead atoms. The molecule has 5 nitrogen and oxygen atoms in total. The van der Waals surface area contributed by atoms with Gasteiger partial charge in [0.2, 0.25) is 5.89 Å². The van der Waals surface area contributed by atoms with Crippen LogP contribution in [0.15, 0.2) is 4.42 Å². The van der Waals surface area contributed by atoms with Gasteiger partial charge in [-0.2, -0.15) is 0 Å². The molecule has 2 N–H and O–H groups in total. The van der Waals surface area contributed by atoms with Crippen LogP contribution < -0.4 is 10.6 Å². The van der Waals surface area contributed by atoms with Gasteiger partial charge in [-0.25, -0.2) is 0 Å². The third-order valence-electron chi connectivity index (χ3n) is 3.88. The lowest BCUT2D eigenvalue weighted by atomic mass is 10.0. The second-order valence-corrected chi connectivity index (χ2v) is 6.48. The summed E-state index contributed by atoms with van der Waals surface area (Å²) < 4.78 is 5.64. The molecule has 2 atom stereocenters. The molecule has 1 aromatic heterocycles. The van der Waals surface area contributed by atoms with E-state index in [1.165, 1.54) is 32.1 Å². The summed E-state index contributed by atoms with van der Waals surface area (Å²) in [6.45, 7) is 8.31. The quantitative estimate of drug-likeness (QED) is 0.784. The van der Waals surface area contributed by atoms with E-state index in [1.807, 2.05) is 0 Å². The van der Waals surface area contributed by atoms with Gasteiger partial charge < -0.3 is 15.1 Å². The highest BCUT2D eigenvalue weighted by Crippen LogP contribution is 2.24. The van der Waals surface area contributed by atoms with E-state index in [4.69, 9.17) is 4.42 Å². The molecule has 1 aromatic rings. The Bertz CT molecular complexity index is 391. The summed E-state index contributed by atoms with van der Waals surface area (Å²) in [5.74, 6) is 2.14. The van der Waals surface area contributed by atoms with Crippen molar-refractivity contribution in [3.63, 3.8) is 0 Å². The molecule has 5 heteroatoms. The van der Waals surface area contributed by atoms with Crippen LogP contribution >= 0.6 is 0 Å². The van der Waals surface area contributed by atoms with Gasteiger partial charge in [-0.3, -0.25) is 0 Å². The van der Waals surface area contributed by atoms with E-state index < -0.39 is 0 Å². The molecule has 0 aromatic carbocycles. The van der Waals surface area contributed by atoms with E-state index in [0.717, 1.165) is 12.5 Å². The number of aromatic nitrogens is 2. The highest BCUT2D eigenvalue weighted by molar-refractivity contribution is 5.19. The minimum Gasteiger partial charge on any atom is -0.407 e. The second kappa shape index (κ2) is 7.62. The number of nitrogens with one attached hydrogen (secondary N) is 2. The number of anilines is 1. The molecule has 1 heterocycles. The Labute approximate surface area is 121 Å². The SMILES string of the molecule is CC(C)CNCc1nnc(NC2CCCC(C)CC2)o1. The van der Waals surface area contributed by atoms with Crippen LogP contribution in [-0.4, -0.2) is 22.8 Å².